The second-order valence-corrected chi connectivity index (χ2v) is 9.43. The van der Waals surface area contributed by atoms with Gasteiger partial charge in [-0.25, -0.2) is 8.42 Å². The summed E-state index contributed by atoms with van der Waals surface area (Å²) in [6.07, 6.45) is 6.30. The second kappa shape index (κ2) is 6.93. The molecule has 1 saturated heterocycles. The Morgan fingerprint density at radius 3 is 2.59 bits per heavy atom. The van der Waals surface area contributed by atoms with Crippen molar-refractivity contribution in [3.8, 4) is 0 Å². The van der Waals surface area contributed by atoms with Crippen LogP contribution in [-0.4, -0.2) is 64.3 Å². The monoisotopic (exact) mass is 411 g/mol. The lowest BCUT2D eigenvalue weighted by Crippen LogP contribution is -2.50. The Bertz CT molecular complexity index is 1200. The molecule has 0 N–H and O–H groups in total. The molecule has 2 aromatic heterocycles. The van der Waals surface area contributed by atoms with Crippen LogP contribution >= 0.6 is 0 Å². The number of sulfonamides is 1. The molecule has 29 heavy (non-hydrogen) atoms. The summed E-state index contributed by atoms with van der Waals surface area (Å²) < 4.78 is 29.3. The summed E-state index contributed by atoms with van der Waals surface area (Å²) in [6, 6.07) is 8.94. The number of hydrogen-bond donors (Lipinski definition) is 0. The number of hydrogen-bond acceptors (Lipinski definition) is 5. The molecule has 1 amide bonds. The average molecular weight is 411 g/mol. The fourth-order valence-electron chi connectivity index (χ4n) is 4.13. The molecule has 1 aliphatic heterocycles. The summed E-state index contributed by atoms with van der Waals surface area (Å²) in [5.74, 6) is -0.116. The predicted molar refractivity (Wildman–Crippen MR) is 106 cm³/mol. The van der Waals surface area contributed by atoms with Crippen LogP contribution < -0.4 is 0 Å². The third-order valence-electron chi connectivity index (χ3n) is 5.77. The Kier molecular flexibility index (Phi) is 4.36. The van der Waals surface area contributed by atoms with Gasteiger partial charge in [0.15, 0.2) is 5.65 Å². The third kappa shape index (κ3) is 3.20. The molecular weight excluding hydrogens is 390 g/mol. The van der Waals surface area contributed by atoms with Crippen molar-refractivity contribution >= 4 is 21.6 Å². The van der Waals surface area contributed by atoms with Crippen LogP contribution in [0.5, 0.6) is 0 Å². The smallest absolute Gasteiger partial charge is 0.255 e. The zero-order valence-electron chi connectivity index (χ0n) is 15.9. The molecule has 0 unspecified atom stereocenters. The van der Waals surface area contributed by atoms with Crippen LogP contribution in [0.1, 0.15) is 27.9 Å². The van der Waals surface area contributed by atoms with Gasteiger partial charge < -0.3 is 4.90 Å². The van der Waals surface area contributed by atoms with E-state index in [4.69, 9.17) is 0 Å². The molecule has 1 aromatic carbocycles. The van der Waals surface area contributed by atoms with Crippen LogP contribution in [0, 0.1) is 0 Å². The molecule has 2 aliphatic rings. The number of fused-ring (bicyclic) bond motifs is 2. The molecule has 3 aromatic rings. The number of benzene rings is 1. The Balaban J connectivity index is 1.30. The molecule has 5 rings (SSSR count). The van der Waals surface area contributed by atoms with Crippen molar-refractivity contribution in [1.82, 2.24) is 23.8 Å². The van der Waals surface area contributed by atoms with Crippen molar-refractivity contribution in [1.29, 1.82) is 0 Å². The average Bonchev–Trinajstić information content (AvgIpc) is 3.41. The molecule has 0 atom stereocenters. The van der Waals surface area contributed by atoms with Gasteiger partial charge in [-0.05, 0) is 54.7 Å². The number of carbonyl (C=O) groups excluding carboxylic acids is 1. The van der Waals surface area contributed by atoms with Gasteiger partial charge in [0, 0.05) is 32.4 Å². The highest BCUT2D eigenvalue weighted by atomic mass is 32.2. The summed E-state index contributed by atoms with van der Waals surface area (Å²) in [4.78, 5) is 14.9. The van der Waals surface area contributed by atoms with Crippen LogP contribution in [-0.2, 0) is 22.9 Å². The minimum absolute atomic E-state index is 0.116. The maximum Gasteiger partial charge on any atom is 0.255 e. The minimum atomic E-state index is -3.54. The number of amides is 1. The van der Waals surface area contributed by atoms with E-state index in [1.165, 1.54) is 9.87 Å². The molecule has 8 nitrogen and oxygen atoms in total. The number of aryl methyl sites for hydroxylation is 2. The van der Waals surface area contributed by atoms with E-state index in [2.05, 4.69) is 10.2 Å². The van der Waals surface area contributed by atoms with Crippen molar-refractivity contribution in [3.63, 3.8) is 0 Å². The Hall–Kier alpha value is -2.78. The molecule has 150 valence electrons. The number of aromatic nitrogens is 3. The van der Waals surface area contributed by atoms with E-state index in [-0.39, 0.29) is 5.91 Å². The maximum absolute atomic E-state index is 13.1. The molecule has 1 fully saturated rings. The van der Waals surface area contributed by atoms with Gasteiger partial charge in [0.2, 0.25) is 10.0 Å². The molecule has 1 aliphatic carbocycles. The Morgan fingerprint density at radius 1 is 0.966 bits per heavy atom. The molecule has 9 heteroatoms. The van der Waals surface area contributed by atoms with Gasteiger partial charge in [-0.1, -0.05) is 6.07 Å². The first-order chi connectivity index (χ1) is 14.0. The van der Waals surface area contributed by atoms with E-state index in [1.807, 2.05) is 12.1 Å². The standard InChI is InChI=1S/C20H21N5O3S/c26-20(17-5-7-19-22-21-14-24(19)13-17)23-8-10-25(11-9-23)29(27,28)18-6-4-15-2-1-3-16(15)12-18/h4-7,12-14H,1-3,8-11H2. The highest BCUT2D eigenvalue weighted by Gasteiger charge is 2.31. The predicted octanol–water partition coefficient (Wildman–Crippen LogP) is 1.36. The molecule has 0 saturated carbocycles. The second-order valence-electron chi connectivity index (χ2n) is 7.49. The van der Waals surface area contributed by atoms with Gasteiger partial charge in [0.05, 0.1) is 10.5 Å². The number of rotatable bonds is 3. The maximum atomic E-state index is 13.1. The van der Waals surface area contributed by atoms with Crippen molar-refractivity contribution in [3.05, 3.63) is 59.5 Å². The van der Waals surface area contributed by atoms with Gasteiger partial charge >= 0.3 is 0 Å². The lowest BCUT2D eigenvalue weighted by atomic mass is 10.1. The number of piperazine rings is 1. The summed E-state index contributed by atoms with van der Waals surface area (Å²) in [5.41, 5.74) is 3.60. The van der Waals surface area contributed by atoms with E-state index in [9.17, 15) is 13.2 Å². The highest BCUT2D eigenvalue weighted by Crippen LogP contribution is 2.27. The zero-order valence-corrected chi connectivity index (χ0v) is 16.7. The van der Waals surface area contributed by atoms with Crippen molar-refractivity contribution in [2.45, 2.75) is 24.2 Å². The highest BCUT2D eigenvalue weighted by molar-refractivity contribution is 7.89. The van der Waals surface area contributed by atoms with E-state index >= 15 is 0 Å². The number of pyridine rings is 1. The third-order valence-corrected chi connectivity index (χ3v) is 7.67. The van der Waals surface area contributed by atoms with Crippen molar-refractivity contribution in [2.75, 3.05) is 26.2 Å². The zero-order chi connectivity index (χ0) is 20.0. The van der Waals surface area contributed by atoms with Gasteiger partial charge in [-0.2, -0.15) is 4.31 Å². The largest absolute Gasteiger partial charge is 0.336 e. The fraction of sp³-hybridized carbons (Fsp3) is 0.350. The van der Waals surface area contributed by atoms with Crippen LogP contribution in [0.2, 0.25) is 0 Å². The first kappa shape index (κ1) is 18.3. The lowest BCUT2D eigenvalue weighted by Gasteiger charge is -2.34. The fourth-order valence-corrected chi connectivity index (χ4v) is 5.60. The summed E-state index contributed by atoms with van der Waals surface area (Å²) in [6.45, 7) is 1.31. The van der Waals surface area contributed by atoms with Crippen molar-refractivity contribution in [2.24, 2.45) is 0 Å². The van der Waals surface area contributed by atoms with E-state index in [0.717, 1.165) is 24.8 Å². The van der Waals surface area contributed by atoms with E-state index < -0.39 is 10.0 Å². The normalized spacial score (nSPS) is 17.6. The summed E-state index contributed by atoms with van der Waals surface area (Å²) in [7, 11) is -3.54. The van der Waals surface area contributed by atoms with E-state index in [0.29, 0.717) is 42.3 Å². The number of carbonyl (C=O) groups is 1. The number of nitrogens with zero attached hydrogens (tertiary/aromatic N) is 5. The summed E-state index contributed by atoms with van der Waals surface area (Å²) in [5, 5.41) is 7.75. The van der Waals surface area contributed by atoms with Gasteiger partial charge in [-0.3, -0.25) is 9.20 Å². The topological polar surface area (TPSA) is 87.9 Å². The van der Waals surface area contributed by atoms with Crippen LogP contribution in [0.4, 0.5) is 0 Å². The molecular formula is C20H21N5O3S. The Morgan fingerprint density at radius 2 is 1.76 bits per heavy atom. The van der Waals surface area contributed by atoms with Crippen LogP contribution in [0.15, 0.2) is 47.8 Å². The van der Waals surface area contributed by atoms with Crippen molar-refractivity contribution < 1.29 is 13.2 Å². The first-order valence-electron chi connectivity index (χ1n) is 9.73. The van der Waals surface area contributed by atoms with Crippen LogP contribution in [0.25, 0.3) is 5.65 Å². The molecule has 0 spiro atoms. The summed E-state index contributed by atoms with van der Waals surface area (Å²) >= 11 is 0. The SMILES string of the molecule is O=C(c1ccc2nncn2c1)N1CCN(S(=O)(=O)c2ccc3c(c2)CCC3)CC1. The first-order valence-corrected chi connectivity index (χ1v) is 11.2. The quantitative estimate of drug-likeness (QED) is 0.650. The molecule has 3 heterocycles. The van der Waals surface area contributed by atoms with Gasteiger partial charge in [-0.15, -0.1) is 10.2 Å². The molecule has 0 bridgehead atoms. The lowest BCUT2D eigenvalue weighted by molar-refractivity contribution is 0.0697. The Labute approximate surface area is 168 Å². The molecule has 0 radical (unpaired) electrons. The van der Waals surface area contributed by atoms with Gasteiger partial charge in [0.1, 0.15) is 6.33 Å². The van der Waals surface area contributed by atoms with E-state index in [1.54, 1.807) is 40.0 Å². The van der Waals surface area contributed by atoms with Crippen LogP contribution in [0.3, 0.4) is 0 Å². The van der Waals surface area contributed by atoms with Gasteiger partial charge in [0.25, 0.3) is 5.91 Å². The minimum Gasteiger partial charge on any atom is -0.336 e.